The van der Waals surface area contributed by atoms with Crippen LogP contribution in [0.2, 0.25) is 0 Å². The highest BCUT2D eigenvalue weighted by atomic mass is 16.5. The second-order valence-corrected chi connectivity index (χ2v) is 4.63. The fourth-order valence-corrected chi connectivity index (χ4v) is 2.19. The van der Waals surface area contributed by atoms with Crippen molar-refractivity contribution < 1.29 is 29.6 Å². The molecule has 0 spiro atoms. The van der Waals surface area contributed by atoms with Crippen molar-refractivity contribution >= 4 is 11.8 Å². The van der Waals surface area contributed by atoms with Gasteiger partial charge in [-0.25, -0.2) is 4.79 Å². The Morgan fingerprint density at radius 3 is 2.23 bits per heavy atom. The summed E-state index contributed by atoms with van der Waals surface area (Å²) >= 11 is 0. The van der Waals surface area contributed by atoms with E-state index in [0.29, 0.717) is 0 Å². The molecular formula is C16H14O6. The van der Waals surface area contributed by atoms with Crippen molar-refractivity contribution in [2.24, 2.45) is 0 Å². The number of rotatable bonds is 4. The standard InChI is InChI=1S/C16H14O6/c1-8-12(18)7-10(16(20)21)13(15(8)22-2)14(19)9-5-3-4-6-11(9)17/h3-7,17-18H,1-2H3,(H,20,21). The van der Waals surface area contributed by atoms with Gasteiger partial charge in [-0.3, -0.25) is 4.79 Å². The Kier molecular flexibility index (Phi) is 4.03. The van der Waals surface area contributed by atoms with Crippen molar-refractivity contribution in [2.75, 3.05) is 7.11 Å². The molecule has 2 rings (SSSR count). The molecule has 0 aliphatic heterocycles. The van der Waals surface area contributed by atoms with Gasteiger partial charge in [-0.05, 0) is 25.1 Å². The predicted octanol–water partition coefficient (Wildman–Crippen LogP) is 2.34. The average Bonchev–Trinajstić information content (AvgIpc) is 2.49. The minimum absolute atomic E-state index is 0.0364. The number of phenols is 2. The smallest absolute Gasteiger partial charge is 0.336 e. The third-order valence-electron chi connectivity index (χ3n) is 3.31. The first kappa shape index (κ1) is 15.4. The van der Waals surface area contributed by atoms with Gasteiger partial charge in [0.05, 0.1) is 23.8 Å². The number of aromatic hydroxyl groups is 2. The molecule has 0 aromatic heterocycles. The molecule has 22 heavy (non-hydrogen) atoms. The van der Waals surface area contributed by atoms with Gasteiger partial charge in [-0.2, -0.15) is 0 Å². The van der Waals surface area contributed by atoms with Gasteiger partial charge in [0, 0.05) is 5.56 Å². The summed E-state index contributed by atoms with van der Waals surface area (Å²) < 4.78 is 5.10. The Morgan fingerprint density at radius 1 is 1.05 bits per heavy atom. The van der Waals surface area contributed by atoms with Crippen LogP contribution in [0.3, 0.4) is 0 Å². The maximum absolute atomic E-state index is 12.7. The summed E-state index contributed by atoms with van der Waals surface area (Å²) in [6.45, 7) is 1.50. The van der Waals surface area contributed by atoms with Gasteiger partial charge in [0.1, 0.15) is 17.2 Å². The van der Waals surface area contributed by atoms with E-state index < -0.39 is 17.3 Å². The van der Waals surface area contributed by atoms with Crippen molar-refractivity contribution in [3.63, 3.8) is 0 Å². The number of methoxy groups -OCH3 is 1. The number of carboxylic acids is 1. The lowest BCUT2D eigenvalue weighted by atomic mass is 9.94. The topological polar surface area (TPSA) is 104 Å². The van der Waals surface area contributed by atoms with Crippen molar-refractivity contribution in [1.82, 2.24) is 0 Å². The lowest BCUT2D eigenvalue weighted by Gasteiger charge is -2.15. The van der Waals surface area contributed by atoms with E-state index in [9.17, 15) is 24.9 Å². The summed E-state index contributed by atoms with van der Waals surface area (Å²) in [6.07, 6.45) is 0. The van der Waals surface area contributed by atoms with Crippen molar-refractivity contribution in [3.8, 4) is 17.2 Å². The highest BCUT2D eigenvalue weighted by Crippen LogP contribution is 2.36. The molecule has 0 aliphatic rings. The number of benzene rings is 2. The van der Waals surface area contributed by atoms with Gasteiger partial charge in [0.2, 0.25) is 5.78 Å². The molecule has 0 amide bonds. The van der Waals surface area contributed by atoms with Crippen LogP contribution in [-0.2, 0) is 0 Å². The van der Waals surface area contributed by atoms with Gasteiger partial charge >= 0.3 is 5.97 Å². The quantitative estimate of drug-likeness (QED) is 0.749. The Bertz CT molecular complexity index is 763. The van der Waals surface area contributed by atoms with Crippen LogP contribution in [0.1, 0.15) is 31.8 Å². The number of carboxylic acid groups (broad SMARTS) is 1. The second kappa shape index (κ2) is 5.77. The highest BCUT2D eigenvalue weighted by Gasteiger charge is 2.27. The number of ether oxygens (including phenoxy) is 1. The zero-order valence-corrected chi connectivity index (χ0v) is 12.0. The Hall–Kier alpha value is -3.02. The number of phenolic OH excluding ortho intramolecular Hbond substituents is 2. The zero-order chi connectivity index (χ0) is 16.4. The number of hydrogen-bond acceptors (Lipinski definition) is 5. The maximum atomic E-state index is 12.7. The van der Waals surface area contributed by atoms with Crippen molar-refractivity contribution in [3.05, 3.63) is 52.6 Å². The summed E-state index contributed by atoms with van der Waals surface area (Å²) in [7, 11) is 1.27. The monoisotopic (exact) mass is 302 g/mol. The Morgan fingerprint density at radius 2 is 1.68 bits per heavy atom. The third kappa shape index (κ3) is 2.46. The van der Waals surface area contributed by atoms with Gasteiger partial charge < -0.3 is 20.1 Å². The molecule has 0 atom stereocenters. The number of ketones is 1. The molecule has 114 valence electrons. The van der Waals surface area contributed by atoms with E-state index in [4.69, 9.17) is 4.74 Å². The second-order valence-electron chi connectivity index (χ2n) is 4.63. The number of carbonyl (C=O) groups excluding carboxylic acids is 1. The summed E-state index contributed by atoms with van der Waals surface area (Å²) in [5, 5.41) is 28.9. The fraction of sp³-hybridized carbons (Fsp3) is 0.125. The molecule has 0 saturated carbocycles. The summed E-state index contributed by atoms with van der Waals surface area (Å²) in [5.41, 5.74) is -0.417. The zero-order valence-electron chi connectivity index (χ0n) is 12.0. The van der Waals surface area contributed by atoms with Crippen molar-refractivity contribution in [1.29, 1.82) is 0 Å². The Balaban J connectivity index is 2.78. The van der Waals surface area contributed by atoms with E-state index in [0.717, 1.165) is 6.07 Å². The molecule has 6 nitrogen and oxygen atoms in total. The van der Waals surface area contributed by atoms with Crippen LogP contribution in [0, 0.1) is 6.92 Å². The van der Waals surface area contributed by atoms with E-state index in [1.807, 2.05) is 0 Å². The normalized spacial score (nSPS) is 10.3. The van der Waals surface area contributed by atoms with E-state index in [-0.39, 0.29) is 33.9 Å². The number of aromatic carboxylic acids is 1. The first-order chi connectivity index (χ1) is 10.4. The lowest BCUT2D eigenvalue weighted by molar-refractivity contribution is 0.0691. The average molecular weight is 302 g/mol. The van der Waals surface area contributed by atoms with Crippen LogP contribution in [0.15, 0.2) is 30.3 Å². The number of hydrogen-bond donors (Lipinski definition) is 3. The van der Waals surface area contributed by atoms with Crippen LogP contribution in [-0.4, -0.2) is 34.2 Å². The molecule has 0 bridgehead atoms. The minimum Gasteiger partial charge on any atom is -0.508 e. The SMILES string of the molecule is COc1c(C)c(O)cc(C(=O)O)c1C(=O)c1ccccc1O. The van der Waals surface area contributed by atoms with Crippen LogP contribution in [0.5, 0.6) is 17.2 Å². The molecule has 2 aromatic rings. The maximum Gasteiger partial charge on any atom is 0.336 e. The number of carbonyl (C=O) groups is 2. The van der Waals surface area contributed by atoms with Crippen LogP contribution < -0.4 is 4.74 Å². The van der Waals surface area contributed by atoms with Gasteiger partial charge in [0.25, 0.3) is 0 Å². The van der Waals surface area contributed by atoms with Crippen LogP contribution >= 0.6 is 0 Å². The molecule has 0 saturated heterocycles. The Labute approximate surface area is 126 Å². The summed E-state index contributed by atoms with van der Waals surface area (Å²) in [4.78, 5) is 24.0. The van der Waals surface area contributed by atoms with E-state index in [1.165, 1.54) is 26.2 Å². The number of para-hydroxylation sites is 1. The highest BCUT2D eigenvalue weighted by molar-refractivity contribution is 6.17. The van der Waals surface area contributed by atoms with Crippen LogP contribution in [0.4, 0.5) is 0 Å². The molecule has 0 heterocycles. The molecule has 6 heteroatoms. The van der Waals surface area contributed by atoms with Gasteiger partial charge in [0.15, 0.2) is 0 Å². The largest absolute Gasteiger partial charge is 0.508 e. The van der Waals surface area contributed by atoms with Crippen LogP contribution in [0.25, 0.3) is 0 Å². The first-order valence-electron chi connectivity index (χ1n) is 6.35. The summed E-state index contributed by atoms with van der Waals surface area (Å²) in [6, 6.07) is 6.79. The molecule has 0 unspecified atom stereocenters. The molecule has 0 radical (unpaired) electrons. The summed E-state index contributed by atoms with van der Waals surface area (Å²) in [5.74, 6) is -2.67. The molecule has 2 aromatic carbocycles. The molecule has 0 fully saturated rings. The van der Waals surface area contributed by atoms with Gasteiger partial charge in [-0.15, -0.1) is 0 Å². The third-order valence-corrected chi connectivity index (χ3v) is 3.31. The van der Waals surface area contributed by atoms with E-state index >= 15 is 0 Å². The first-order valence-corrected chi connectivity index (χ1v) is 6.35. The molecule has 0 aliphatic carbocycles. The molecule has 3 N–H and O–H groups in total. The van der Waals surface area contributed by atoms with E-state index in [2.05, 4.69) is 0 Å². The van der Waals surface area contributed by atoms with Crippen molar-refractivity contribution in [2.45, 2.75) is 6.92 Å². The lowest BCUT2D eigenvalue weighted by Crippen LogP contribution is -2.13. The fourth-order valence-electron chi connectivity index (χ4n) is 2.19. The van der Waals surface area contributed by atoms with E-state index in [1.54, 1.807) is 12.1 Å². The molecular weight excluding hydrogens is 288 g/mol. The minimum atomic E-state index is -1.38. The van der Waals surface area contributed by atoms with Gasteiger partial charge in [-0.1, -0.05) is 12.1 Å². The predicted molar refractivity (Wildman–Crippen MR) is 77.9 cm³/mol.